The second-order valence-electron chi connectivity index (χ2n) is 8.62. The number of aliphatic hydroxyl groups excluding tert-OH is 1. The van der Waals surface area contributed by atoms with Gasteiger partial charge < -0.3 is 23.1 Å². The Morgan fingerprint density at radius 2 is 1.56 bits per heavy atom. The Bertz CT molecular complexity index is 363. The van der Waals surface area contributed by atoms with Crippen LogP contribution in [0.4, 0.5) is 0 Å². The Balaban J connectivity index is 4.77. The Hall–Kier alpha value is 0.191. The lowest BCUT2D eigenvalue weighted by Gasteiger charge is -2.35. The van der Waals surface area contributed by atoms with Crippen molar-refractivity contribution in [1.29, 1.82) is 0 Å². The number of rotatable bonds is 14. The lowest BCUT2D eigenvalue weighted by molar-refractivity contribution is 0.00334. The number of aliphatic hydroxyl groups is 1. The summed E-state index contributed by atoms with van der Waals surface area (Å²) < 4.78 is 24.2. The van der Waals surface area contributed by atoms with Crippen LogP contribution in [0.5, 0.6) is 0 Å². The SMILES string of the molecule is C=C(C)COCC(O)CO[SiH](CCC)C(O[Si](C)(C)C)O[Si](C)(C)C. The molecule has 0 fully saturated rings. The highest BCUT2D eigenvalue weighted by molar-refractivity contribution is 6.72. The van der Waals surface area contributed by atoms with E-state index in [1.807, 2.05) is 6.92 Å². The van der Waals surface area contributed by atoms with E-state index < -0.39 is 31.8 Å². The quantitative estimate of drug-likeness (QED) is 0.270. The molecular formula is C17H40O5Si3. The van der Waals surface area contributed by atoms with E-state index >= 15 is 0 Å². The van der Waals surface area contributed by atoms with Crippen molar-refractivity contribution < 1.29 is 23.1 Å². The van der Waals surface area contributed by atoms with Crippen LogP contribution >= 0.6 is 0 Å². The van der Waals surface area contributed by atoms with Crippen molar-refractivity contribution in [3.05, 3.63) is 12.2 Å². The van der Waals surface area contributed by atoms with Gasteiger partial charge in [0.2, 0.25) is 9.04 Å². The maximum Gasteiger partial charge on any atom is 0.235 e. The highest BCUT2D eigenvalue weighted by atomic mass is 28.4. The summed E-state index contributed by atoms with van der Waals surface area (Å²) >= 11 is 0. The van der Waals surface area contributed by atoms with Crippen LogP contribution in [0.3, 0.4) is 0 Å². The molecule has 0 aliphatic carbocycles. The van der Waals surface area contributed by atoms with Gasteiger partial charge in [-0.15, -0.1) is 0 Å². The molecule has 0 aromatic carbocycles. The molecule has 0 saturated carbocycles. The monoisotopic (exact) mass is 408 g/mol. The smallest absolute Gasteiger partial charge is 0.235 e. The molecule has 0 rings (SSSR count). The molecule has 0 spiro atoms. The van der Waals surface area contributed by atoms with E-state index in [9.17, 15) is 5.11 Å². The summed E-state index contributed by atoms with van der Waals surface area (Å²) in [4.78, 5) is 0. The highest BCUT2D eigenvalue weighted by Crippen LogP contribution is 2.20. The van der Waals surface area contributed by atoms with Gasteiger partial charge in [-0.1, -0.05) is 25.5 Å². The molecule has 0 amide bonds. The molecule has 5 nitrogen and oxygen atoms in total. The van der Waals surface area contributed by atoms with Crippen molar-refractivity contribution in [2.24, 2.45) is 0 Å². The van der Waals surface area contributed by atoms with Crippen LogP contribution in [-0.4, -0.2) is 62.6 Å². The number of ether oxygens (including phenoxy) is 1. The lowest BCUT2D eigenvalue weighted by atomic mass is 10.4. The molecule has 2 unspecified atom stereocenters. The van der Waals surface area contributed by atoms with Gasteiger partial charge in [0.05, 0.1) is 25.9 Å². The van der Waals surface area contributed by atoms with Gasteiger partial charge in [0.25, 0.3) is 0 Å². The molecule has 0 heterocycles. The van der Waals surface area contributed by atoms with Gasteiger partial charge in [-0.25, -0.2) is 0 Å². The average molecular weight is 409 g/mol. The van der Waals surface area contributed by atoms with E-state index in [1.165, 1.54) is 0 Å². The van der Waals surface area contributed by atoms with Crippen molar-refractivity contribution in [3.8, 4) is 0 Å². The Morgan fingerprint density at radius 3 is 1.96 bits per heavy atom. The normalized spacial score (nSPS) is 15.4. The zero-order chi connectivity index (χ0) is 19.7. The fraction of sp³-hybridized carbons (Fsp3) is 0.882. The average Bonchev–Trinajstić information content (AvgIpc) is 2.39. The van der Waals surface area contributed by atoms with Crippen molar-refractivity contribution in [2.75, 3.05) is 19.8 Å². The van der Waals surface area contributed by atoms with Crippen molar-refractivity contribution >= 4 is 25.7 Å². The molecule has 8 heteroatoms. The summed E-state index contributed by atoms with van der Waals surface area (Å²) in [5.41, 5.74) is 0.943. The summed E-state index contributed by atoms with van der Waals surface area (Å²) in [6.07, 6.45) is 0.394. The van der Waals surface area contributed by atoms with Crippen LogP contribution in [0.25, 0.3) is 0 Å². The third-order valence-electron chi connectivity index (χ3n) is 2.98. The van der Waals surface area contributed by atoms with Gasteiger partial charge in [-0.2, -0.15) is 0 Å². The minimum absolute atomic E-state index is 0.234. The summed E-state index contributed by atoms with van der Waals surface area (Å²) in [5, 5.41) is 10.1. The van der Waals surface area contributed by atoms with Crippen LogP contribution in [0, 0.1) is 0 Å². The van der Waals surface area contributed by atoms with E-state index in [0.717, 1.165) is 18.0 Å². The van der Waals surface area contributed by atoms with E-state index in [-0.39, 0.29) is 19.1 Å². The van der Waals surface area contributed by atoms with Crippen molar-refractivity contribution in [3.63, 3.8) is 0 Å². The molecule has 25 heavy (non-hydrogen) atoms. The first kappa shape index (κ1) is 25.2. The Morgan fingerprint density at radius 1 is 1.04 bits per heavy atom. The van der Waals surface area contributed by atoms with Gasteiger partial charge >= 0.3 is 0 Å². The summed E-state index contributed by atoms with van der Waals surface area (Å²) in [7, 11) is -5.26. The van der Waals surface area contributed by atoms with Crippen LogP contribution in [0.1, 0.15) is 20.3 Å². The first-order chi connectivity index (χ1) is 11.3. The lowest BCUT2D eigenvalue weighted by Crippen LogP contribution is -2.50. The molecule has 0 aliphatic rings. The molecule has 0 aromatic rings. The predicted molar refractivity (Wildman–Crippen MR) is 112 cm³/mol. The standard InChI is InChI=1S/C17H40O5Si3/c1-10-11-23(20-14-16(18)13-19-12-15(2)3)17(21-24(4,5)6)22-25(7,8)9/h16-18,23H,2,10-14H2,1,3-9H3. The molecule has 150 valence electrons. The molecule has 0 radical (unpaired) electrons. The first-order valence-electron chi connectivity index (χ1n) is 9.21. The molecule has 0 aromatic heterocycles. The van der Waals surface area contributed by atoms with Crippen LogP contribution in [0.2, 0.25) is 45.3 Å². The number of hydrogen-bond acceptors (Lipinski definition) is 5. The van der Waals surface area contributed by atoms with Gasteiger partial charge in [0.1, 0.15) is 5.91 Å². The summed E-state index contributed by atoms with van der Waals surface area (Å²) in [6, 6.07) is 0.971. The Kier molecular flexibility index (Phi) is 11.9. The van der Waals surface area contributed by atoms with Crippen LogP contribution in [-0.2, 0) is 18.0 Å². The largest absolute Gasteiger partial charge is 0.412 e. The second kappa shape index (κ2) is 11.8. The second-order valence-corrected chi connectivity index (χ2v) is 20.1. The minimum atomic E-state index is -1.77. The molecule has 1 N–H and O–H groups in total. The van der Waals surface area contributed by atoms with E-state index in [4.69, 9.17) is 18.0 Å². The van der Waals surface area contributed by atoms with Crippen molar-refractivity contribution in [1.82, 2.24) is 0 Å². The Labute approximate surface area is 158 Å². The molecule has 2 atom stereocenters. The summed E-state index contributed by atoms with van der Waals surface area (Å²) in [6.45, 7) is 21.9. The zero-order valence-corrected chi connectivity index (χ0v) is 20.7. The van der Waals surface area contributed by atoms with Crippen LogP contribution < -0.4 is 0 Å². The maximum atomic E-state index is 10.1. The topological polar surface area (TPSA) is 57.2 Å². The van der Waals surface area contributed by atoms with E-state index in [0.29, 0.717) is 6.61 Å². The van der Waals surface area contributed by atoms with E-state index in [2.05, 4.69) is 52.8 Å². The van der Waals surface area contributed by atoms with Gasteiger partial charge in [-0.05, 0) is 52.2 Å². The predicted octanol–water partition coefficient (Wildman–Crippen LogP) is 3.66. The van der Waals surface area contributed by atoms with Gasteiger partial charge in [0, 0.05) is 0 Å². The fourth-order valence-electron chi connectivity index (χ4n) is 2.11. The van der Waals surface area contributed by atoms with Gasteiger partial charge in [0.15, 0.2) is 16.6 Å². The minimum Gasteiger partial charge on any atom is -0.412 e. The molecular weight excluding hydrogens is 368 g/mol. The summed E-state index contributed by atoms with van der Waals surface area (Å²) in [5.74, 6) is -0.234. The molecule has 0 saturated heterocycles. The molecule has 0 aliphatic heterocycles. The van der Waals surface area contributed by atoms with E-state index in [1.54, 1.807) is 0 Å². The van der Waals surface area contributed by atoms with Crippen molar-refractivity contribution in [2.45, 2.75) is 77.6 Å². The third-order valence-corrected chi connectivity index (χ3v) is 8.05. The fourth-order valence-corrected chi connectivity index (χ4v) is 8.99. The van der Waals surface area contributed by atoms with Gasteiger partial charge in [-0.3, -0.25) is 0 Å². The maximum absolute atomic E-state index is 10.1. The van der Waals surface area contributed by atoms with Crippen LogP contribution in [0.15, 0.2) is 12.2 Å². The first-order valence-corrected chi connectivity index (χ1v) is 18.0. The molecule has 0 bridgehead atoms. The number of hydrogen-bond donors (Lipinski definition) is 1. The highest BCUT2D eigenvalue weighted by Gasteiger charge is 2.34. The zero-order valence-electron chi connectivity index (χ0n) is 17.6. The third kappa shape index (κ3) is 15.0.